The number of carbonyl (C=O) groups is 1. The lowest BCUT2D eigenvalue weighted by atomic mass is 10.1. The highest BCUT2D eigenvalue weighted by Gasteiger charge is 2.09. The fourth-order valence-electron chi connectivity index (χ4n) is 3.66. The summed E-state index contributed by atoms with van der Waals surface area (Å²) in [5.74, 6) is 1.38. The van der Waals surface area contributed by atoms with Gasteiger partial charge >= 0.3 is 0 Å². The maximum Gasteiger partial charge on any atom is 0.157 e. The summed E-state index contributed by atoms with van der Waals surface area (Å²) in [7, 11) is 0. The minimum Gasteiger partial charge on any atom is -0.484 e. The number of aldehydes is 1. The minimum atomic E-state index is -0.00313. The SMILES string of the molecule is Cc1cc(C)cc(Nc2cc(-c3ccc(OCC=O)c(NCc4ccccn4)c3)ccn2)c1.[HH]. The van der Waals surface area contributed by atoms with Gasteiger partial charge in [0, 0.05) is 19.5 Å². The number of nitrogens with one attached hydrogen (secondary N) is 2. The van der Waals surface area contributed by atoms with Gasteiger partial charge in [-0.05, 0) is 84.6 Å². The van der Waals surface area contributed by atoms with Gasteiger partial charge < -0.3 is 15.4 Å². The van der Waals surface area contributed by atoms with E-state index in [0.717, 1.165) is 40.3 Å². The van der Waals surface area contributed by atoms with Crippen molar-refractivity contribution in [2.75, 3.05) is 17.2 Å². The molecule has 6 nitrogen and oxygen atoms in total. The number of ether oxygens (including phenoxy) is 1. The Hall–Kier alpha value is -4.19. The average Bonchev–Trinajstić information content (AvgIpc) is 2.82. The largest absolute Gasteiger partial charge is 0.484 e. The predicted octanol–water partition coefficient (Wildman–Crippen LogP) is 5.94. The van der Waals surface area contributed by atoms with Crippen LogP contribution >= 0.6 is 0 Å². The van der Waals surface area contributed by atoms with Crippen molar-refractivity contribution in [2.45, 2.75) is 20.4 Å². The number of aromatic nitrogens is 2. The van der Waals surface area contributed by atoms with E-state index in [0.29, 0.717) is 12.3 Å². The molecule has 2 aromatic heterocycles. The zero-order valence-electron chi connectivity index (χ0n) is 18.7. The highest BCUT2D eigenvalue weighted by molar-refractivity contribution is 5.74. The number of nitrogens with zero attached hydrogens (tertiary/aromatic N) is 2. The zero-order chi connectivity index (χ0) is 23.0. The fraction of sp³-hybridized carbons (Fsp3) is 0.148. The second-order valence-electron chi connectivity index (χ2n) is 7.79. The van der Waals surface area contributed by atoms with Crippen LogP contribution < -0.4 is 15.4 Å². The molecule has 2 N–H and O–H groups in total. The molecule has 33 heavy (non-hydrogen) atoms. The third-order valence-corrected chi connectivity index (χ3v) is 5.06. The van der Waals surface area contributed by atoms with Crippen molar-refractivity contribution in [3.63, 3.8) is 0 Å². The van der Waals surface area contributed by atoms with Crippen LogP contribution in [0.25, 0.3) is 11.1 Å². The van der Waals surface area contributed by atoms with E-state index < -0.39 is 0 Å². The van der Waals surface area contributed by atoms with E-state index in [9.17, 15) is 4.79 Å². The van der Waals surface area contributed by atoms with Crippen molar-refractivity contribution in [3.8, 4) is 16.9 Å². The maximum absolute atomic E-state index is 10.8. The molecule has 0 saturated carbocycles. The molecule has 2 aromatic carbocycles. The number of anilines is 3. The summed E-state index contributed by atoms with van der Waals surface area (Å²) in [6.07, 6.45) is 4.29. The molecular weight excluding hydrogens is 412 g/mol. The topological polar surface area (TPSA) is 76.1 Å². The van der Waals surface area contributed by atoms with Gasteiger partial charge in [-0.1, -0.05) is 18.2 Å². The molecule has 4 aromatic rings. The summed E-state index contributed by atoms with van der Waals surface area (Å²) >= 11 is 0. The zero-order valence-corrected chi connectivity index (χ0v) is 18.7. The molecule has 168 valence electrons. The number of benzene rings is 2. The molecule has 0 amide bonds. The number of hydrogen-bond acceptors (Lipinski definition) is 6. The molecule has 2 heterocycles. The number of pyridine rings is 2. The number of carbonyl (C=O) groups excluding carboxylic acids is 1. The van der Waals surface area contributed by atoms with Gasteiger partial charge in [0.1, 0.15) is 18.2 Å². The molecule has 0 unspecified atom stereocenters. The van der Waals surface area contributed by atoms with Crippen LogP contribution in [-0.4, -0.2) is 22.9 Å². The van der Waals surface area contributed by atoms with E-state index in [2.05, 4.69) is 52.6 Å². The molecule has 4 rings (SSSR count). The number of aryl methyl sites for hydroxylation is 2. The Morgan fingerprint density at radius 1 is 0.909 bits per heavy atom. The van der Waals surface area contributed by atoms with Crippen molar-refractivity contribution in [2.24, 2.45) is 0 Å². The molecule has 0 aliphatic carbocycles. The van der Waals surface area contributed by atoms with Gasteiger partial charge in [0.2, 0.25) is 0 Å². The first-order valence-electron chi connectivity index (χ1n) is 10.8. The van der Waals surface area contributed by atoms with Crippen LogP contribution in [0.15, 0.2) is 79.1 Å². The summed E-state index contributed by atoms with van der Waals surface area (Å²) in [5, 5.41) is 6.78. The van der Waals surface area contributed by atoms with E-state index in [1.807, 2.05) is 48.5 Å². The minimum absolute atomic E-state index is 0. The van der Waals surface area contributed by atoms with Crippen molar-refractivity contribution >= 4 is 23.5 Å². The smallest absolute Gasteiger partial charge is 0.157 e. The predicted molar refractivity (Wildman–Crippen MR) is 134 cm³/mol. The van der Waals surface area contributed by atoms with Gasteiger partial charge in [-0.25, -0.2) is 4.98 Å². The molecular formula is C27H28N4O2. The lowest BCUT2D eigenvalue weighted by Crippen LogP contribution is -2.05. The van der Waals surface area contributed by atoms with Crippen LogP contribution in [0.5, 0.6) is 5.75 Å². The monoisotopic (exact) mass is 440 g/mol. The fourth-order valence-corrected chi connectivity index (χ4v) is 3.66. The summed E-state index contributed by atoms with van der Waals surface area (Å²) in [5.41, 5.74) is 7.12. The van der Waals surface area contributed by atoms with E-state index in [1.54, 1.807) is 12.4 Å². The van der Waals surface area contributed by atoms with E-state index in [-0.39, 0.29) is 8.03 Å². The third kappa shape index (κ3) is 5.95. The van der Waals surface area contributed by atoms with Crippen molar-refractivity contribution in [3.05, 3.63) is 95.9 Å². The molecule has 0 fully saturated rings. The first kappa shape index (κ1) is 22.0. The Bertz CT molecular complexity index is 1230. The summed E-state index contributed by atoms with van der Waals surface area (Å²) in [6, 6.07) is 22.0. The van der Waals surface area contributed by atoms with E-state index in [4.69, 9.17) is 4.74 Å². The van der Waals surface area contributed by atoms with Crippen molar-refractivity contribution in [1.29, 1.82) is 0 Å². The quantitative estimate of drug-likeness (QED) is 0.314. The van der Waals surface area contributed by atoms with Crippen LogP contribution in [0.2, 0.25) is 0 Å². The van der Waals surface area contributed by atoms with Gasteiger partial charge in [-0.3, -0.25) is 9.78 Å². The number of hydrogen-bond donors (Lipinski definition) is 2. The van der Waals surface area contributed by atoms with Gasteiger partial charge in [0.25, 0.3) is 0 Å². The summed E-state index contributed by atoms with van der Waals surface area (Å²) in [6.45, 7) is 4.69. The number of rotatable bonds is 9. The summed E-state index contributed by atoms with van der Waals surface area (Å²) < 4.78 is 5.62. The van der Waals surface area contributed by atoms with Gasteiger partial charge in [0.15, 0.2) is 6.29 Å². The molecule has 0 bridgehead atoms. The van der Waals surface area contributed by atoms with Crippen LogP contribution in [0.1, 0.15) is 18.2 Å². The second-order valence-corrected chi connectivity index (χ2v) is 7.79. The Morgan fingerprint density at radius 2 is 1.73 bits per heavy atom. The molecule has 0 aliphatic rings. The average molecular weight is 441 g/mol. The van der Waals surface area contributed by atoms with Crippen molar-refractivity contribution in [1.82, 2.24) is 9.97 Å². The van der Waals surface area contributed by atoms with Crippen molar-refractivity contribution < 1.29 is 11.0 Å². The Morgan fingerprint density at radius 3 is 2.48 bits per heavy atom. The standard InChI is InChI=1S/C27H26N4O2.H2/c1-19-13-20(2)15-24(14-19)31-27-17-22(8-10-29-27)21-6-7-26(33-12-11-32)25(16-21)30-18-23-5-3-4-9-28-23;/h3-11,13-17,30H,12,18H2,1-2H3,(H,29,31);1H. The highest BCUT2D eigenvalue weighted by Crippen LogP contribution is 2.32. The van der Waals surface area contributed by atoms with E-state index in [1.165, 1.54) is 11.1 Å². The van der Waals surface area contributed by atoms with Crippen LogP contribution in [0.4, 0.5) is 17.2 Å². The molecule has 6 heteroatoms. The second kappa shape index (κ2) is 10.4. The first-order valence-corrected chi connectivity index (χ1v) is 10.8. The molecule has 0 radical (unpaired) electrons. The van der Waals surface area contributed by atoms with Crippen LogP contribution in [0.3, 0.4) is 0 Å². The summed E-state index contributed by atoms with van der Waals surface area (Å²) in [4.78, 5) is 19.6. The van der Waals surface area contributed by atoms with Crippen LogP contribution in [-0.2, 0) is 11.3 Å². The Balaban J connectivity index is 0.00000324. The molecule has 0 saturated heterocycles. The van der Waals surface area contributed by atoms with Gasteiger partial charge in [-0.2, -0.15) is 0 Å². The highest BCUT2D eigenvalue weighted by atomic mass is 16.5. The van der Waals surface area contributed by atoms with Gasteiger partial charge in [-0.15, -0.1) is 0 Å². The first-order chi connectivity index (χ1) is 16.1. The van der Waals surface area contributed by atoms with Crippen LogP contribution in [0, 0.1) is 13.8 Å². The van der Waals surface area contributed by atoms with Gasteiger partial charge in [0.05, 0.1) is 17.9 Å². The Kier molecular flexibility index (Phi) is 6.95. The normalized spacial score (nSPS) is 10.5. The Labute approximate surface area is 195 Å². The van der Waals surface area contributed by atoms with E-state index >= 15 is 0 Å². The molecule has 0 spiro atoms. The lowest BCUT2D eigenvalue weighted by molar-refractivity contribution is -0.109. The molecule has 0 aliphatic heterocycles. The maximum atomic E-state index is 10.8. The third-order valence-electron chi connectivity index (χ3n) is 5.06. The molecule has 0 atom stereocenters. The lowest BCUT2D eigenvalue weighted by Gasteiger charge is -2.14.